The summed E-state index contributed by atoms with van der Waals surface area (Å²) in [5.74, 6) is 0.984. The van der Waals surface area contributed by atoms with Gasteiger partial charge in [-0.25, -0.2) is 9.37 Å². The molecule has 1 N–H and O–H groups in total. The van der Waals surface area contributed by atoms with Crippen molar-refractivity contribution in [2.45, 2.75) is 19.1 Å². The number of hydrogen-bond acceptors (Lipinski definition) is 4. The molecule has 1 aliphatic rings. The molecule has 3 rings (SSSR count). The third-order valence-electron chi connectivity index (χ3n) is 3.29. The molecule has 5 heteroatoms. The molecule has 2 aromatic rings. The molecule has 2 heterocycles. The maximum absolute atomic E-state index is 12.8. The number of halogens is 1. The van der Waals surface area contributed by atoms with Crippen LogP contribution in [-0.2, 0) is 6.54 Å². The predicted octanol–water partition coefficient (Wildman–Crippen LogP) is 2.05. The molecule has 1 fully saturated rings. The molecule has 0 radical (unpaired) electrons. The van der Waals surface area contributed by atoms with Crippen LogP contribution in [0.3, 0.4) is 0 Å². The average molecular weight is 262 g/mol. The third-order valence-corrected chi connectivity index (χ3v) is 3.29. The van der Waals surface area contributed by atoms with Gasteiger partial charge in [0.15, 0.2) is 5.76 Å². The molecule has 0 amide bonds. The molecule has 0 spiro atoms. The summed E-state index contributed by atoms with van der Waals surface area (Å²) in [5.41, 5.74) is 0.807. The van der Waals surface area contributed by atoms with E-state index in [9.17, 15) is 9.50 Å². The first-order valence-corrected chi connectivity index (χ1v) is 6.32. The van der Waals surface area contributed by atoms with Gasteiger partial charge in [-0.2, -0.15) is 0 Å². The zero-order valence-corrected chi connectivity index (χ0v) is 10.4. The van der Waals surface area contributed by atoms with Crippen molar-refractivity contribution >= 4 is 0 Å². The van der Waals surface area contributed by atoms with Crippen LogP contribution in [-0.4, -0.2) is 34.2 Å². The van der Waals surface area contributed by atoms with Crippen LogP contribution in [0.4, 0.5) is 4.39 Å². The Kier molecular flexibility index (Phi) is 3.31. The fourth-order valence-electron chi connectivity index (χ4n) is 2.28. The monoisotopic (exact) mass is 262 g/mol. The number of benzene rings is 1. The Balaban J connectivity index is 1.71. The van der Waals surface area contributed by atoms with Crippen molar-refractivity contribution in [2.24, 2.45) is 0 Å². The molecule has 0 bridgehead atoms. The second kappa shape index (κ2) is 5.11. The molecule has 1 atom stereocenters. The van der Waals surface area contributed by atoms with Crippen LogP contribution in [0.15, 0.2) is 34.9 Å². The van der Waals surface area contributed by atoms with Crippen molar-refractivity contribution in [2.75, 3.05) is 13.1 Å². The number of rotatable bonds is 3. The molecular weight excluding hydrogens is 247 g/mol. The number of aliphatic hydroxyl groups is 1. The van der Waals surface area contributed by atoms with E-state index in [1.807, 2.05) is 0 Å². The van der Waals surface area contributed by atoms with E-state index < -0.39 is 0 Å². The summed E-state index contributed by atoms with van der Waals surface area (Å²) in [4.78, 5) is 6.32. The highest BCUT2D eigenvalue weighted by molar-refractivity contribution is 5.55. The molecule has 100 valence electrons. The van der Waals surface area contributed by atoms with Gasteiger partial charge in [0.05, 0.1) is 18.8 Å². The molecule has 1 aliphatic heterocycles. The second-order valence-electron chi connectivity index (χ2n) is 4.80. The van der Waals surface area contributed by atoms with Crippen molar-refractivity contribution in [3.8, 4) is 11.3 Å². The van der Waals surface area contributed by atoms with Gasteiger partial charge in [0.1, 0.15) is 5.82 Å². The van der Waals surface area contributed by atoms with Crippen LogP contribution in [0.25, 0.3) is 11.3 Å². The van der Waals surface area contributed by atoms with Crippen molar-refractivity contribution in [1.29, 1.82) is 0 Å². The van der Waals surface area contributed by atoms with Crippen LogP contribution in [0.1, 0.15) is 12.3 Å². The zero-order chi connectivity index (χ0) is 13.2. The molecule has 0 unspecified atom stereocenters. The molecule has 0 saturated carbocycles. The third kappa shape index (κ3) is 2.83. The summed E-state index contributed by atoms with van der Waals surface area (Å²) >= 11 is 0. The highest BCUT2D eigenvalue weighted by Gasteiger charge is 2.21. The summed E-state index contributed by atoms with van der Waals surface area (Å²) < 4.78 is 18.5. The molecular formula is C14H15FN2O2. The SMILES string of the molecule is O[C@H]1CCN(Cc2ncc(-c3ccc(F)cc3)o2)C1. The Bertz CT molecular complexity index is 553. The fourth-order valence-corrected chi connectivity index (χ4v) is 2.28. The van der Waals surface area contributed by atoms with Gasteiger partial charge in [0.2, 0.25) is 5.89 Å². The van der Waals surface area contributed by atoms with Crippen molar-refractivity contribution < 1.29 is 13.9 Å². The zero-order valence-electron chi connectivity index (χ0n) is 10.4. The highest BCUT2D eigenvalue weighted by atomic mass is 19.1. The Hall–Kier alpha value is -1.72. The molecule has 4 nitrogen and oxygen atoms in total. The van der Waals surface area contributed by atoms with Gasteiger partial charge in [0.25, 0.3) is 0 Å². The Morgan fingerprint density at radius 1 is 1.37 bits per heavy atom. The van der Waals surface area contributed by atoms with Crippen molar-refractivity contribution in [1.82, 2.24) is 9.88 Å². The molecule has 19 heavy (non-hydrogen) atoms. The number of aliphatic hydroxyl groups excluding tert-OH is 1. The summed E-state index contributed by atoms with van der Waals surface area (Å²) in [6, 6.07) is 6.13. The number of oxazole rings is 1. The minimum atomic E-state index is -0.269. The summed E-state index contributed by atoms with van der Waals surface area (Å²) in [7, 11) is 0. The lowest BCUT2D eigenvalue weighted by Gasteiger charge is -2.11. The minimum absolute atomic E-state index is 0.244. The quantitative estimate of drug-likeness (QED) is 0.919. The highest BCUT2D eigenvalue weighted by Crippen LogP contribution is 2.22. The van der Waals surface area contributed by atoms with E-state index in [-0.39, 0.29) is 11.9 Å². The van der Waals surface area contributed by atoms with E-state index >= 15 is 0 Å². The standard InChI is InChI=1S/C14H15FN2O2/c15-11-3-1-10(2-4-11)13-7-16-14(19-13)9-17-6-5-12(18)8-17/h1-4,7,12,18H,5-6,8-9H2/t12-/m0/s1. The average Bonchev–Trinajstić information content (AvgIpc) is 3.00. The second-order valence-corrected chi connectivity index (χ2v) is 4.80. The first-order valence-electron chi connectivity index (χ1n) is 6.32. The number of nitrogens with zero attached hydrogens (tertiary/aromatic N) is 2. The Morgan fingerprint density at radius 3 is 2.84 bits per heavy atom. The van der Waals surface area contributed by atoms with E-state index in [0.717, 1.165) is 18.5 Å². The molecule has 1 aromatic carbocycles. The van der Waals surface area contributed by atoms with Crippen molar-refractivity contribution in [3.63, 3.8) is 0 Å². The summed E-state index contributed by atoms with van der Waals surface area (Å²) in [5, 5.41) is 9.46. The van der Waals surface area contributed by atoms with Gasteiger partial charge in [-0.1, -0.05) is 0 Å². The summed E-state index contributed by atoms with van der Waals surface area (Å²) in [6.07, 6.45) is 2.20. The smallest absolute Gasteiger partial charge is 0.209 e. The van der Waals surface area contributed by atoms with Crippen LogP contribution < -0.4 is 0 Å². The number of likely N-dealkylation sites (tertiary alicyclic amines) is 1. The van der Waals surface area contributed by atoms with Gasteiger partial charge >= 0.3 is 0 Å². The lowest BCUT2D eigenvalue weighted by Crippen LogP contribution is -2.21. The number of hydrogen-bond donors (Lipinski definition) is 1. The summed E-state index contributed by atoms with van der Waals surface area (Å²) in [6.45, 7) is 2.11. The largest absolute Gasteiger partial charge is 0.439 e. The van der Waals surface area contributed by atoms with Gasteiger partial charge in [-0.3, -0.25) is 4.90 Å². The van der Waals surface area contributed by atoms with Gasteiger partial charge in [-0.15, -0.1) is 0 Å². The molecule has 1 aromatic heterocycles. The van der Waals surface area contributed by atoms with Crippen LogP contribution >= 0.6 is 0 Å². The fraction of sp³-hybridized carbons (Fsp3) is 0.357. The Morgan fingerprint density at radius 2 is 2.16 bits per heavy atom. The molecule has 0 aliphatic carbocycles. The normalized spacial score (nSPS) is 20.0. The Labute approximate surface area is 110 Å². The van der Waals surface area contributed by atoms with Crippen LogP contribution in [0.5, 0.6) is 0 Å². The van der Waals surface area contributed by atoms with Gasteiger partial charge < -0.3 is 9.52 Å². The number of aromatic nitrogens is 1. The minimum Gasteiger partial charge on any atom is -0.439 e. The maximum atomic E-state index is 12.8. The topological polar surface area (TPSA) is 49.5 Å². The van der Waals surface area contributed by atoms with E-state index in [1.54, 1.807) is 18.3 Å². The number of β-amino-alcohol motifs (C(OH)–C–C–N with tert-alkyl or cyclic N) is 1. The van der Waals surface area contributed by atoms with Crippen LogP contribution in [0, 0.1) is 5.82 Å². The maximum Gasteiger partial charge on any atom is 0.209 e. The first-order chi connectivity index (χ1) is 9.20. The van der Waals surface area contributed by atoms with Crippen LogP contribution in [0.2, 0.25) is 0 Å². The van der Waals surface area contributed by atoms with E-state index in [2.05, 4.69) is 9.88 Å². The lowest BCUT2D eigenvalue weighted by molar-refractivity contribution is 0.171. The first kappa shape index (κ1) is 12.3. The lowest BCUT2D eigenvalue weighted by atomic mass is 10.2. The van der Waals surface area contributed by atoms with Gasteiger partial charge in [0, 0.05) is 18.7 Å². The van der Waals surface area contributed by atoms with Gasteiger partial charge in [-0.05, 0) is 30.7 Å². The van der Waals surface area contributed by atoms with E-state index in [1.165, 1.54) is 12.1 Å². The molecule has 1 saturated heterocycles. The van der Waals surface area contributed by atoms with E-state index in [4.69, 9.17) is 4.42 Å². The van der Waals surface area contributed by atoms with Crippen molar-refractivity contribution in [3.05, 3.63) is 42.2 Å². The predicted molar refractivity (Wildman–Crippen MR) is 67.8 cm³/mol. The van der Waals surface area contributed by atoms with E-state index in [0.29, 0.717) is 24.7 Å².